The third-order valence-electron chi connectivity index (χ3n) is 2.49. The van der Waals surface area contributed by atoms with Gasteiger partial charge in [-0.2, -0.15) is 0 Å². The van der Waals surface area contributed by atoms with E-state index in [-0.39, 0.29) is 0 Å². The third-order valence-corrected chi connectivity index (χ3v) is 3.38. The van der Waals surface area contributed by atoms with Crippen LogP contribution in [0.1, 0.15) is 18.4 Å². The van der Waals surface area contributed by atoms with E-state index in [0.29, 0.717) is 6.42 Å². The first-order valence-electron chi connectivity index (χ1n) is 5.14. The molecule has 2 nitrogen and oxygen atoms in total. The number of rotatable bonds is 5. The molecule has 2 rings (SSSR count). The van der Waals surface area contributed by atoms with Gasteiger partial charge in [-0.15, -0.1) is 0 Å². The normalized spacial score (nSPS) is 15.0. The van der Waals surface area contributed by atoms with Crippen molar-refractivity contribution >= 4 is 28.9 Å². The van der Waals surface area contributed by atoms with Gasteiger partial charge in [0.05, 0.1) is 10.2 Å². The molecule has 0 atom stereocenters. The van der Waals surface area contributed by atoms with Crippen molar-refractivity contribution in [1.29, 1.82) is 0 Å². The van der Waals surface area contributed by atoms with Gasteiger partial charge in [0.15, 0.2) is 0 Å². The summed E-state index contributed by atoms with van der Waals surface area (Å²) in [6.07, 6.45) is 3.98. The number of carbonyl (C=O) groups is 1. The van der Waals surface area contributed by atoms with Crippen LogP contribution in [0.5, 0.6) is 5.75 Å². The summed E-state index contributed by atoms with van der Waals surface area (Å²) in [5, 5.41) is 0. The summed E-state index contributed by atoms with van der Waals surface area (Å²) in [6, 6.07) is 5.94. The topological polar surface area (TPSA) is 26.3 Å². The van der Waals surface area contributed by atoms with Crippen molar-refractivity contribution in [1.82, 2.24) is 0 Å². The minimum Gasteiger partial charge on any atom is -0.492 e. The fraction of sp³-hybridized carbons (Fsp3) is 0.417. The maximum absolute atomic E-state index is 10.4. The van der Waals surface area contributed by atoms with E-state index in [1.165, 1.54) is 12.8 Å². The van der Waals surface area contributed by atoms with Crippen molar-refractivity contribution in [3.05, 3.63) is 27.3 Å². The van der Waals surface area contributed by atoms with Crippen LogP contribution in [0.3, 0.4) is 0 Å². The monoisotopic (exact) mass is 316 g/mol. The Labute approximate surface area is 103 Å². The Morgan fingerprint density at radius 1 is 1.47 bits per heavy atom. The molecule has 1 aromatic rings. The molecule has 0 aromatic heterocycles. The van der Waals surface area contributed by atoms with Crippen LogP contribution in [0, 0.1) is 9.49 Å². The SMILES string of the molecule is O=CCc1ccc(I)c(OCC2CC2)c1. The van der Waals surface area contributed by atoms with Gasteiger partial charge in [-0.1, -0.05) is 6.07 Å². The van der Waals surface area contributed by atoms with Crippen LogP contribution in [-0.2, 0) is 11.2 Å². The van der Waals surface area contributed by atoms with Crippen LogP contribution in [0.4, 0.5) is 0 Å². The Hall–Kier alpha value is -0.580. The minimum atomic E-state index is 0.469. The molecule has 0 amide bonds. The van der Waals surface area contributed by atoms with Crippen LogP contribution in [0.2, 0.25) is 0 Å². The molecule has 1 saturated carbocycles. The number of hydrogen-bond acceptors (Lipinski definition) is 2. The van der Waals surface area contributed by atoms with Crippen LogP contribution < -0.4 is 4.74 Å². The fourth-order valence-electron chi connectivity index (χ4n) is 1.37. The van der Waals surface area contributed by atoms with Crippen molar-refractivity contribution in [2.75, 3.05) is 6.61 Å². The maximum Gasteiger partial charge on any atom is 0.132 e. The van der Waals surface area contributed by atoms with Crippen LogP contribution in [0.15, 0.2) is 18.2 Å². The molecule has 0 saturated heterocycles. The average Bonchev–Trinajstić information content (AvgIpc) is 3.03. The predicted octanol–water partition coefficient (Wildman–Crippen LogP) is 2.82. The van der Waals surface area contributed by atoms with E-state index in [1.54, 1.807) is 0 Å². The molecule has 0 unspecified atom stereocenters. The molecule has 15 heavy (non-hydrogen) atoms. The summed E-state index contributed by atoms with van der Waals surface area (Å²) in [5.41, 5.74) is 1.02. The second-order valence-electron chi connectivity index (χ2n) is 3.89. The van der Waals surface area contributed by atoms with Gasteiger partial charge >= 0.3 is 0 Å². The van der Waals surface area contributed by atoms with E-state index in [1.807, 2.05) is 18.2 Å². The van der Waals surface area contributed by atoms with Crippen LogP contribution in [-0.4, -0.2) is 12.9 Å². The lowest BCUT2D eigenvalue weighted by molar-refractivity contribution is -0.107. The van der Waals surface area contributed by atoms with Crippen LogP contribution >= 0.6 is 22.6 Å². The van der Waals surface area contributed by atoms with Crippen molar-refractivity contribution in [2.45, 2.75) is 19.3 Å². The molecule has 0 spiro atoms. The van der Waals surface area contributed by atoms with E-state index in [0.717, 1.165) is 33.7 Å². The largest absolute Gasteiger partial charge is 0.492 e. The highest BCUT2D eigenvalue weighted by Gasteiger charge is 2.22. The van der Waals surface area contributed by atoms with Gasteiger partial charge in [0.25, 0.3) is 0 Å². The second-order valence-corrected chi connectivity index (χ2v) is 5.05. The molecule has 0 N–H and O–H groups in total. The zero-order valence-corrected chi connectivity index (χ0v) is 10.6. The smallest absolute Gasteiger partial charge is 0.132 e. The van der Waals surface area contributed by atoms with Crippen LogP contribution in [0.25, 0.3) is 0 Å². The Balaban J connectivity index is 2.04. The highest BCUT2D eigenvalue weighted by Crippen LogP contribution is 2.31. The summed E-state index contributed by atoms with van der Waals surface area (Å²) in [5.74, 6) is 1.68. The Morgan fingerprint density at radius 3 is 2.93 bits per heavy atom. The van der Waals surface area contributed by atoms with Gasteiger partial charge in [0.2, 0.25) is 0 Å². The quantitative estimate of drug-likeness (QED) is 0.617. The van der Waals surface area contributed by atoms with E-state index in [9.17, 15) is 4.79 Å². The average molecular weight is 316 g/mol. The number of carbonyl (C=O) groups excluding carboxylic acids is 1. The zero-order chi connectivity index (χ0) is 10.7. The van der Waals surface area contributed by atoms with Crippen molar-refractivity contribution in [3.63, 3.8) is 0 Å². The number of hydrogen-bond donors (Lipinski definition) is 0. The fourth-order valence-corrected chi connectivity index (χ4v) is 1.86. The van der Waals surface area contributed by atoms with Gasteiger partial charge in [-0.25, -0.2) is 0 Å². The minimum absolute atomic E-state index is 0.469. The number of ether oxygens (including phenoxy) is 1. The zero-order valence-electron chi connectivity index (χ0n) is 8.41. The molecule has 1 aliphatic carbocycles. The molecule has 80 valence electrons. The lowest BCUT2D eigenvalue weighted by Gasteiger charge is -2.08. The number of halogens is 1. The van der Waals surface area contributed by atoms with Gasteiger partial charge in [-0.05, 0) is 59.0 Å². The van der Waals surface area contributed by atoms with E-state index >= 15 is 0 Å². The second kappa shape index (κ2) is 4.96. The van der Waals surface area contributed by atoms with Gasteiger partial charge in [0, 0.05) is 6.42 Å². The van der Waals surface area contributed by atoms with E-state index in [2.05, 4.69) is 22.6 Å². The molecular weight excluding hydrogens is 303 g/mol. The molecule has 1 aliphatic rings. The highest BCUT2D eigenvalue weighted by molar-refractivity contribution is 14.1. The Bertz CT molecular complexity index is 359. The lowest BCUT2D eigenvalue weighted by atomic mass is 10.1. The first kappa shape index (κ1) is 10.9. The van der Waals surface area contributed by atoms with Crippen molar-refractivity contribution in [2.24, 2.45) is 5.92 Å². The Kier molecular flexibility index (Phi) is 3.61. The molecule has 0 radical (unpaired) electrons. The molecular formula is C12H13IO2. The van der Waals surface area contributed by atoms with E-state index < -0.39 is 0 Å². The summed E-state index contributed by atoms with van der Waals surface area (Å²) < 4.78 is 6.84. The maximum atomic E-state index is 10.4. The molecule has 0 heterocycles. The van der Waals surface area contributed by atoms with Crippen molar-refractivity contribution in [3.8, 4) is 5.75 Å². The molecule has 0 aliphatic heterocycles. The van der Waals surface area contributed by atoms with Gasteiger partial charge in [0.1, 0.15) is 12.0 Å². The molecule has 3 heteroatoms. The summed E-state index contributed by atoms with van der Waals surface area (Å²) >= 11 is 2.26. The number of benzene rings is 1. The highest BCUT2D eigenvalue weighted by atomic mass is 127. The Morgan fingerprint density at radius 2 is 2.27 bits per heavy atom. The molecule has 1 fully saturated rings. The van der Waals surface area contributed by atoms with Gasteiger partial charge < -0.3 is 9.53 Å². The third kappa shape index (κ3) is 3.19. The first-order chi connectivity index (χ1) is 7.29. The molecule has 0 bridgehead atoms. The first-order valence-corrected chi connectivity index (χ1v) is 6.22. The van der Waals surface area contributed by atoms with Gasteiger partial charge in [-0.3, -0.25) is 0 Å². The molecule has 1 aromatic carbocycles. The summed E-state index contributed by atoms with van der Waals surface area (Å²) in [4.78, 5) is 10.4. The predicted molar refractivity (Wildman–Crippen MR) is 67.1 cm³/mol. The summed E-state index contributed by atoms with van der Waals surface area (Å²) in [6.45, 7) is 0.820. The summed E-state index contributed by atoms with van der Waals surface area (Å²) in [7, 11) is 0. The lowest BCUT2D eigenvalue weighted by Crippen LogP contribution is -2.01. The standard InChI is InChI=1S/C12H13IO2/c13-11-4-3-9(5-6-14)7-12(11)15-8-10-1-2-10/h3-4,6-7,10H,1-2,5,8H2. The number of aldehydes is 1. The van der Waals surface area contributed by atoms with E-state index in [4.69, 9.17) is 4.74 Å². The van der Waals surface area contributed by atoms with Crippen molar-refractivity contribution < 1.29 is 9.53 Å².